The maximum atomic E-state index is 14.4. The van der Waals surface area contributed by atoms with Crippen molar-refractivity contribution in [1.82, 2.24) is 24.8 Å². The van der Waals surface area contributed by atoms with E-state index in [9.17, 15) is 18.0 Å². The van der Waals surface area contributed by atoms with E-state index in [0.717, 1.165) is 25.7 Å². The van der Waals surface area contributed by atoms with E-state index in [1.54, 1.807) is 10.8 Å². The van der Waals surface area contributed by atoms with Crippen molar-refractivity contribution in [3.8, 4) is 0 Å². The number of benzene rings is 1. The minimum atomic E-state index is -1.07. The van der Waals surface area contributed by atoms with Crippen molar-refractivity contribution < 1.29 is 27.8 Å². The predicted octanol–water partition coefficient (Wildman–Crippen LogP) is 3.66. The van der Waals surface area contributed by atoms with Crippen LogP contribution in [0.4, 0.5) is 30.8 Å². The maximum absolute atomic E-state index is 14.4. The highest BCUT2D eigenvalue weighted by Gasteiger charge is 2.29. The van der Waals surface area contributed by atoms with Crippen molar-refractivity contribution >= 4 is 34.7 Å². The summed E-state index contributed by atoms with van der Waals surface area (Å²) in [6, 6.07) is 1.11. The number of rotatable bonds is 9. The zero-order valence-electron chi connectivity index (χ0n) is 21.6. The molecular weight excluding hydrogens is 515 g/mol. The van der Waals surface area contributed by atoms with Gasteiger partial charge in [-0.1, -0.05) is 6.92 Å². The lowest BCUT2D eigenvalue weighted by Crippen LogP contribution is -2.38. The number of hydrogen-bond donors (Lipinski definition) is 4. The third-order valence-electron chi connectivity index (χ3n) is 7.31. The minimum Gasteiger partial charge on any atom is -0.396 e. The Morgan fingerprint density at radius 3 is 2.56 bits per heavy atom. The van der Waals surface area contributed by atoms with Gasteiger partial charge in [0.2, 0.25) is 17.8 Å². The fourth-order valence-corrected chi connectivity index (χ4v) is 5.06. The molecule has 3 aromatic rings. The van der Waals surface area contributed by atoms with Crippen LogP contribution < -0.4 is 16.0 Å². The van der Waals surface area contributed by atoms with Crippen molar-refractivity contribution in [2.75, 3.05) is 37.0 Å². The number of aromatic nitrogens is 4. The molecule has 4 N–H and O–H groups in total. The Balaban J connectivity index is 1.32. The fraction of sp³-hybridized carbons (Fsp3) is 0.538. The molecule has 3 heterocycles. The number of imidazole rings is 1. The first-order valence-corrected chi connectivity index (χ1v) is 13.2. The monoisotopic (exact) mass is 547 g/mol. The third-order valence-corrected chi connectivity index (χ3v) is 7.31. The Morgan fingerprint density at radius 2 is 1.90 bits per heavy atom. The number of aliphatic hydroxyl groups is 1. The summed E-state index contributed by atoms with van der Waals surface area (Å²) >= 11 is 0. The van der Waals surface area contributed by atoms with Gasteiger partial charge in [0.05, 0.1) is 18.8 Å². The number of aliphatic hydroxyl groups excluding tert-OH is 1. The van der Waals surface area contributed by atoms with Gasteiger partial charge in [0.25, 0.3) is 0 Å². The lowest BCUT2D eigenvalue weighted by molar-refractivity contribution is -0.126. The van der Waals surface area contributed by atoms with Crippen LogP contribution in [0.3, 0.4) is 0 Å². The zero-order valence-corrected chi connectivity index (χ0v) is 21.6. The van der Waals surface area contributed by atoms with Crippen LogP contribution in [0.1, 0.15) is 45.1 Å². The minimum absolute atomic E-state index is 0.0168. The van der Waals surface area contributed by atoms with E-state index in [-0.39, 0.29) is 42.4 Å². The second-order valence-electron chi connectivity index (χ2n) is 10.3. The van der Waals surface area contributed by atoms with Crippen molar-refractivity contribution in [1.29, 1.82) is 0 Å². The first kappa shape index (κ1) is 27.1. The second-order valence-corrected chi connectivity index (χ2v) is 10.3. The van der Waals surface area contributed by atoms with Crippen LogP contribution in [0.15, 0.2) is 18.3 Å². The molecule has 1 aliphatic heterocycles. The Kier molecular flexibility index (Phi) is 8.17. The van der Waals surface area contributed by atoms with Gasteiger partial charge in [-0.05, 0) is 38.0 Å². The summed E-state index contributed by atoms with van der Waals surface area (Å²) in [7, 11) is 0. The van der Waals surface area contributed by atoms with Gasteiger partial charge in [0.15, 0.2) is 17.3 Å². The first-order valence-electron chi connectivity index (χ1n) is 13.2. The highest BCUT2D eigenvalue weighted by Crippen LogP contribution is 2.33. The van der Waals surface area contributed by atoms with Gasteiger partial charge in [-0.15, -0.1) is 0 Å². The summed E-state index contributed by atoms with van der Waals surface area (Å²) in [5.41, 5.74) is 0.389. The summed E-state index contributed by atoms with van der Waals surface area (Å²) in [5, 5.41) is 18.1. The van der Waals surface area contributed by atoms with Crippen LogP contribution in [0.2, 0.25) is 0 Å². The number of amides is 1. The van der Waals surface area contributed by atoms with Crippen LogP contribution in [-0.2, 0) is 9.53 Å². The van der Waals surface area contributed by atoms with E-state index in [1.165, 1.54) is 0 Å². The van der Waals surface area contributed by atoms with Gasteiger partial charge in [-0.2, -0.15) is 4.98 Å². The van der Waals surface area contributed by atoms with Crippen LogP contribution in [0.25, 0.3) is 11.2 Å². The van der Waals surface area contributed by atoms with E-state index in [0.29, 0.717) is 55.4 Å². The Hall–Kier alpha value is -3.45. The number of halogens is 3. The molecule has 1 saturated heterocycles. The second kappa shape index (κ2) is 11.7. The van der Waals surface area contributed by atoms with Gasteiger partial charge < -0.3 is 25.8 Å². The van der Waals surface area contributed by atoms with Crippen LogP contribution in [0.5, 0.6) is 0 Å². The molecule has 0 unspecified atom stereocenters. The molecule has 1 aromatic carbocycles. The molecule has 10 nitrogen and oxygen atoms in total. The van der Waals surface area contributed by atoms with Crippen molar-refractivity contribution in [3.63, 3.8) is 0 Å². The number of anilines is 3. The summed E-state index contributed by atoms with van der Waals surface area (Å²) in [4.78, 5) is 26.0. The predicted molar refractivity (Wildman–Crippen MR) is 138 cm³/mol. The van der Waals surface area contributed by atoms with Gasteiger partial charge in [-0.3, -0.25) is 9.36 Å². The average molecular weight is 548 g/mol. The average Bonchev–Trinajstić information content (AvgIpc) is 3.57. The Labute approximate surface area is 223 Å². The molecule has 2 fully saturated rings. The molecule has 2 atom stereocenters. The maximum Gasteiger partial charge on any atom is 0.224 e. The Bertz CT molecular complexity index is 1300. The molecule has 1 aliphatic carbocycles. The van der Waals surface area contributed by atoms with Crippen LogP contribution in [-0.4, -0.2) is 62.9 Å². The Morgan fingerprint density at radius 1 is 1.15 bits per heavy atom. The third kappa shape index (κ3) is 6.09. The normalized spacial score (nSPS) is 22.1. The van der Waals surface area contributed by atoms with Gasteiger partial charge in [0, 0.05) is 43.9 Å². The molecule has 0 bridgehead atoms. The van der Waals surface area contributed by atoms with E-state index in [2.05, 4.69) is 30.9 Å². The SMILES string of the molecule is C[C@H](CO)CNC(=O)[C@H]1CC[C@H](Nc2ncc3nc(Nc4c(F)cc(F)cc4F)n([C@H]4CCOC4)c3n2)CC1. The quantitative estimate of drug-likeness (QED) is 0.320. The number of nitrogens with zero attached hydrogens (tertiary/aromatic N) is 4. The highest BCUT2D eigenvalue weighted by atomic mass is 19.1. The number of carbonyl (C=O) groups is 1. The molecule has 210 valence electrons. The number of fused-ring (bicyclic) bond motifs is 1. The van der Waals surface area contributed by atoms with Crippen LogP contribution in [0, 0.1) is 29.3 Å². The molecule has 0 radical (unpaired) electrons. The van der Waals surface area contributed by atoms with Crippen molar-refractivity contribution in [3.05, 3.63) is 35.8 Å². The number of carbonyl (C=O) groups excluding carboxylic acids is 1. The van der Waals surface area contributed by atoms with Crippen LogP contribution >= 0.6 is 0 Å². The smallest absolute Gasteiger partial charge is 0.224 e. The molecule has 1 saturated carbocycles. The summed E-state index contributed by atoms with van der Waals surface area (Å²) in [6.07, 6.45) is 5.17. The van der Waals surface area contributed by atoms with Crippen molar-refractivity contribution in [2.24, 2.45) is 11.8 Å². The molecule has 0 spiro atoms. The molecule has 13 heteroatoms. The molecule has 2 aliphatic rings. The van der Waals surface area contributed by atoms with E-state index >= 15 is 0 Å². The largest absolute Gasteiger partial charge is 0.396 e. The molecule has 2 aromatic heterocycles. The van der Waals surface area contributed by atoms with Crippen molar-refractivity contribution in [2.45, 2.75) is 51.1 Å². The van der Waals surface area contributed by atoms with E-state index in [4.69, 9.17) is 9.84 Å². The lowest BCUT2D eigenvalue weighted by Gasteiger charge is -2.28. The zero-order chi connectivity index (χ0) is 27.5. The van der Waals surface area contributed by atoms with E-state index < -0.39 is 23.1 Å². The number of hydrogen-bond acceptors (Lipinski definition) is 8. The molecule has 5 rings (SSSR count). The van der Waals surface area contributed by atoms with Gasteiger partial charge in [0.1, 0.15) is 17.0 Å². The molecule has 39 heavy (non-hydrogen) atoms. The fourth-order valence-electron chi connectivity index (χ4n) is 5.06. The number of nitrogens with one attached hydrogen (secondary N) is 3. The summed E-state index contributed by atoms with van der Waals surface area (Å²) in [5.74, 6) is -2.65. The summed E-state index contributed by atoms with van der Waals surface area (Å²) < 4.78 is 49.5. The van der Waals surface area contributed by atoms with Gasteiger partial charge in [-0.25, -0.2) is 23.1 Å². The summed E-state index contributed by atoms with van der Waals surface area (Å²) in [6.45, 7) is 3.27. The van der Waals surface area contributed by atoms with E-state index in [1.807, 2.05) is 6.92 Å². The molecular formula is C26H32F3N7O3. The first-order chi connectivity index (χ1) is 18.8. The molecule has 1 amide bonds. The standard InChI is InChI=1S/C26H32F3N7O3/c1-14(12-37)10-30-24(38)15-2-4-17(5-3-15)32-25-31-11-21-23(35-25)36(18-6-7-39-13-18)26(33-21)34-22-19(28)8-16(27)9-20(22)29/h8-9,11,14-15,17-18,37H,2-7,10,12-13H2,1H3,(H,30,38)(H,33,34)(H,31,32,35)/t14-,15-,17-,18-/m0/s1. The van der Waals surface area contributed by atoms with Gasteiger partial charge >= 0.3 is 0 Å². The number of ether oxygens (including phenoxy) is 1. The topological polar surface area (TPSA) is 126 Å². The highest BCUT2D eigenvalue weighted by molar-refractivity contribution is 5.79. The lowest BCUT2D eigenvalue weighted by atomic mass is 9.85.